The van der Waals surface area contributed by atoms with Crippen molar-refractivity contribution in [2.75, 3.05) is 0 Å². The normalized spacial score (nSPS) is 15.4. The molecule has 0 unspecified atom stereocenters. The van der Waals surface area contributed by atoms with Gasteiger partial charge in [0, 0.05) is 0 Å². The van der Waals surface area contributed by atoms with Crippen LogP contribution in [0.15, 0.2) is 18.2 Å². The minimum Gasteiger partial charge on any atom is -0.432 e. The minimum atomic E-state index is -3.09. The van der Waals surface area contributed by atoms with Crippen LogP contribution in [0.2, 0.25) is 0 Å². The van der Waals surface area contributed by atoms with Crippen LogP contribution < -0.4 is 4.74 Å². The van der Waals surface area contributed by atoms with E-state index in [1.54, 1.807) is 19.1 Å². The summed E-state index contributed by atoms with van der Waals surface area (Å²) in [6.45, 7) is 1.72. The Kier molecular flexibility index (Phi) is 3.01. The molecule has 0 aliphatic heterocycles. The standard InChI is InChI=1S/C13H13F2NO/c1-9-2-3-10(6-7-16)8-12(9)17-13(14,15)11-4-5-11/h2-3,8,11H,4-6H2,1H3. The van der Waals surface area contributed by atoms with Gasteiger partial charge in [-0.3, -0.25) is 0 Å². The van der Waals surface area contributed by atoms with Crippen molar-refractivity contribution in [3.63, 3.8) is 0 Å². The first-order valence-corrected chi connectivity index (χ1v) is 5.56. The molecule has 1 aromatic rings. The van der Waals surface area contributed by atoms with Gasteiger partial charge in [-0.15, -0.1) is 0 Å². The van der Waals surface area contributed by atoms with Crippen molar-refractivity contribution in [1.29, 1.82) is 5.26 Å². The molecule has 4 heteroatoms. The lowest BCUT2D eigenvalue weighted by molar-refractivity contribution is -0.192. The Bertz CT molecular complexity index is 461. The zero-order valence-corrected chi connectivity index (χ0v) is 9.54. The minimum absolute atomic E-state index is 0.176. The molecule has 0 saturated heterocycles. The van der Waals surface area contributed by atoms with Gasteiger partial charge in [0.2, 0.25) is 0 Å². The maximum atomic E-state index is 13.5. The molecule has 1 aromatic carbocycles. The van der Waals surface area contributed by atoms with Gasteiger partial charge in [0.1, 0.15) is 5.75 Å². The molecule has 1 aliphatic rings. The van der Waals surface area contributed by atoms with Crippen LogP contribution in [-0.4, -0.2) is 6.11 Å². The molecule has 1 saturated carbocycles. The highest BCUT2D eigenvalue weighted by Crippen LogP contribution is 2.44. The predicted octanol–water partition coefficient (Wildman–Crippen LogP) is 3.44. The SMILES string of the molecule is Cc1ccc(CC#N)cc1OC(F)(F)C1CC1. The van der Waals surface area contributed by atoms with Gasteiger partial charge in [-0.2, -0.15) is 14.0 Å². The third-order valence-electron chi connectivity index (χ3n) is 2.83. The van der Waals surface area contributed by atoms with Gasteiger partial charge in [-0.25, -0.2) is 0 Å². The second-order valence-electron chi connectivity index (χ2n) is 4.37. The first-order valence-electron chi connectivity index (χ1n) is 5.56. The highest BCUT2D eigenvalue weighted by atomic mass is 19.3. The Labute approximate surface area is 98.8 Å². The molecule has 0 heterocycles. The molecule has 0 radical (unpaired) electrons. The fourth-order valence-corrected chi connectivity index (χ4v) is 1.61. The third kappa shape index (κ3) is 2.73. The van der Waals surface area contributed by atoms with E-state index in [0.717, 1.165) is 0 Å². The summed E-state index contributed by atoms with van der Waals surface area (Å²) >= 11 is 0. The molecule has 0 spiro atoms. The van der Waals surface area contributed by atoms with E-state index < -0.39 is 12.0 Å². The van der Waals surface area contributed by atoms with Crippen LogP contribution in [0.1, 0.15) is 24.0 Å². The van der Waals surface area contributed by atoms with Gasteiger partial charge in [0.05, 0.1) is 18.4 Å². The van der Waals surface area contributed by atoms with E-state index in [9.17, 15) is 8.78 Å². The van der Waals surface area contributed by atoms with E-state index in [-0.39, 0.29) is 12.2 Å². The van der Waals surface area contributed by atoms with Crippen molar-refractivity contribution in [3.05, 3.63) is 29.3 Å². The maximum absolute atomic E-state index is 13.5. The van der Waals surface area contributed by atoms with Crippen molar-refractivity contribution in [2.45, 2.75) is 32.3 Å². The largest absolute Gasteiger partial charge is 0.432 e. The average molecular weight is 237 g/mol. The molecule has 17 heavy (non-hydrogen) atoms. The molecule has 2 rings (SSSR count). The Balaban J connectivity index is 2.19. The maximum Gasteiger partial charge on any atom is 0.400 e. The molecular formula is C13H13F2NO. The number of benzene rings is 1. The van der Waals surface area contributed by atoms with E-state index >= 15 is 0 Å². The Morgan fingerprint density at radius 1 is 1.47 bits per heavy atom. The van der Waals surface area contributed by atoms with Crippen LogP contribution >= 0.6 is 0 Å². The summed E-state index contributed by atoms with van der Waals surface area (Å²) in [5, 5.41) is 8.57. The van der Waals surface area contributed by atoms with Gasteiger partial charge < -0.3 is 4.74 Å². The van der Waals surface area contributed by atoms with Crippen molar-refractivity contribution >= 4 is 0 Å². The van der Waals surface area contributed by atoms with E-state index in [2.05, 4.69) is 0 Å². The van der Waals surface area contributed by atoms with Crippen molar-refractivity contribution in [1.82, 2.24) is 0 Å². The molecule has 0 amide bonds. The lowest BCUT2D eigenvalue weighted by Crippen LogP contribution is -2.27. The molecule has 0 atom stereocenters. The van der Waals surface area contributed by atoms with Crippen LogP contribution in [0.4, 0.5) is 8.78 Å². The molecular weight excluding hydrogens is 224 g/mol. The van der Waals surface area contributed by atoms with Gasteiger partial charge in [-0.1, -0.05) is 12.1 Å². The Hall–Kier alpha value is -1.63. The fraction of sp³-hybridized carbons (Fsp3) is 0.462. The lowest BCUT2D eigenvalue weighted by Gasteiger charge is -2.19. The number of rotatable bonds is 4. The van der Waals surface area contributed by atoms with Gasteiger partial charge >= 0.3 is 6.11 Å². The van der Waals surface area contributed by atoms with E-state index in [0.29, 0.717) is 24.0 Å². The van der Waals surface area contributed by atoms with E-state index in [1.807, 2.05) is 6.07 Å². The highest BCUT2D eigenvalue weighted by Gasteiger charge is 2.49. The summed E-state index contributed by atoms with van der Waals surface area (Å²) in [6.07, 6.45) is -1.85. The Morgan fingerprint density at radius 3 is 2.76 bits per heavy atom. The predicted molar refractivity (Wildman–Crippen MR) is 58.8 cm³/mol. The molecule has 0 N–H and O–H groups in total. The summed E-state index contributed by atoms with van der Waals surface area (Å²) in [5.41, 5.74) is 1.35. The average Bonchev–Trinajstić information content (AvgIpc) is 3.07. The molecule has 90 valence electrons. The molecule has 0 bridgehead atoms. The summed E-state index contributed by atoms with van der Waals surface area (Å²) in [7, 11) is 0. The van der Waals surface area contributed by atoms with Gasteiger partial charge in [-0.05, 0) is 37.0 Å². The molecule has 2 nitrogen and oxygen atoms in total. The fourth-order valence-electron chi connectivity index (χ4n) is 1.61. The van der Waals surface area contributed by atoms with Crippen LogP contribution in [0.3, 0.4) is 0 Å². The number of halogens is 2. The number of aryl methyl sites for hydroxylation is 1. The Morgan fingerprint density at radius 2 is 2.18 bits per heavy atom. The number of alkyl halides is 2. The first-order chi connectivity index (χ1) is 8.03. The van der Waals surface area contributed by atoms with Crippen LogP contribution in [0.25, 0.3) is 0 Å². The highest BCUT2D eigenvalue weighted by molar-refractivity contribution is 5.37. The van der Waals surface area contributed by atoms with Gasteiger partial charge in [0.15, 0.2) is 0 Å². The smallest absolute Gasteiger partial charge is 0.400 e. The zero-order chi connectivity index (χ0) is 12.5. The second kappa shape index (κ2) is 4.33. The van der Waals surface area contributed by atoms with Crippen LogP contribution in [0.5, 0.6) is 5.75 Å². The molecule has 1 fully saturated rings. The monoisotopic (exact) mass is 237 g/mol. The van der Waals surface area contributed by atoms with E-state index in [4.69, 9.17) is 10.00 Å². The summed E-state index contributed by atoms with van der Waals surface area (Å²) in [4.78, 5) is 0. The topological polar surface area (TPSA) is 33.0 Å². The van der Waals surface area contributed by atoms with Crippen molar-refractivity contribution in [3.8, 4) is 11.8 Å². The molecule has 1 aliphatic carbocycles. The van der Waals surface area contributed by atoms with Crippen molar-refractivity contribution < 1.29 is 13.5 Å². The quantitative estimate of drug-likeness (QED) is 0.803. The zero-order valence-electron chi connectivity index (χ0n) is 9.54. The summed E-state index contributed by atoms with van der Waals surface area (Å²) in [5.74, 6) is -0.476. The number of ether oxygens (including phenoxy) is 1. The second-order valence-corrected chi connectivity index (χ2v) is 4.37. The first kappa shape index (κ1) is 11.8. The number of hydrogen-bond acceptors (Lipinski definition) is 2. The summed E-state index contributed by atoms with van der Waals surface area (Å²) in [6, 6.07) is 6.96. The number of hydrogen-bond donors (Lipinski definition) is 0. The molecule has 0 aromatic heterocycles. The van der Waals surface area contributed by atoms with Crippen molar-refractivity contribution in [2.24, 2.45) is 5.92 Å². The van der Waals surface area contributed by atoms with Crippen LogP contribution in [0, 0.1) is 24.2 Å². The number of nitriles is 1. The van der Waals surface area contributed by atoms with E-state index in [1.165, 1.54) is 6.07 Å². The number of nitrogens with zero attached hydrogens (tertiary/aromatic N) is 1. The summed E-state index contributed by atoms with van der Waals surface area (Å²) < 4.78 is 31.8. The lowest BCUT2D eigenvalue weighted by atomic mass is 10.1. The van der Waals surface area contributed by atoms with Crippen LogP contribution in [-0.2, 0) is 6.42 Å². The van der Waals surface area contributed by atoms with Gasteiger partial charge in [0.25, 0.3) is 0 Å². The third-order valence-corrected chi connectivity index (χ3v) is 2.83.